The number of benzene rings is 1. The Labute approximate surface area is 118 Å². The van der Waals surface area contributed by atoms with Crippen LogP contribution in [0.2, 0.25) is 0 Å². The zero-order valence-electron chi connectivity index (χ0n) is 11.3. The van der Waals surface area contributed by atoms with Gasteiger partial charge in [0.25, 0.3) is 5.91 Å². The molecule has 4 heteroatoms. The highest BCUT2D eigenvalue weighted by Gasteiger charge is 2.09. The third kappa shape index (κ3) is 3.83. The Morgan fingerprint density at radius 3 is 2.70 bits per heavy atom. The van der Waals surface area contributed by atoms with Crippen molar-refractivity contribution >= 4 is 5.91 Å². The Morgan fingerprint density at radius 2 is 1.95 bits per heavy atom. The van der Waals surface area contributed by atoms with Crippen LogP contribution < -0.4 is 11.1 Å². The second-order valence-corrected chi connectivity index (χ2v) is 4.42. The standard InChI is InChI=1S/C16H19N3O/c17-10-4-5-11-18-16(20)15-9-6-12-19(15)13-14-7-2-1-3-8-14/h1-9,12H,10-11,13,17H2,(H,18,20)/b5-4+. The number of nitrogens with zero attached hydrogens (tertiary/aromatic N) is 1. The van der Waals surface area contributed by atoms with Crippen LogP contribution in [-0.2, 0) is 6.54 Å². The van der Waals surface area contributed by atoms with Crippen molar-refractivity contribution in [3.63, 3.8) is 0 Å². The first-order chi connectivity index (χ1) is 9.81. The van der Waals surface area contributed by atoms with E-state index < -0.39 is 0 Å². The van der Waals surface area contributed by atoms with E-state index in [1.807, 2.05) is 65.4 Å². The lowest BCUT2D eigenvalue weighted by atomic mass is 10.2. The van der Waals surface area contributed by atoms with Crippen molar-refractivity contribution < 1.29 is 4.79 Å². The molecule has 4 nitrogen and oxygen atoms in total. The zero-order chi connectivity index (χ0) is 14.2. The molecule has 0 atom stereocenters. The molecule has 1 amide bonds. The molecule has 2 rings (SSSR count). The fraction of sp³-hybridized carbons (Fsp3) is 0.188. The second-order valence-electron chi connectivity index (χ2n) is 4.42. The summed E-state index contributed by atoms with van der Waals surface area (Å²) in [5.41, 5.74) is 7.18. The maximum absolute atomic E-state index is 12.1. The van der Waals surface area contributed by atoms with E-state index in [2.05, 4.69) is 5.32 Å². The first-order valence-corrected chi connectivity index (χ1v) is 6.63. The molecule has 1 aromatic carbocycles. The number of aromatic nitrogens is 1. The minimum absolute atomic E-state index is 0.0763. The van der Waals surface area contributed by atoms with Gasteiger partial charge < -0.3 is 15.6 Å². The molecule has 104 valence electrons. The van der Waals surface area contributed by atoms with Crippen molar-refractivity contribution in [1.82, 2.24) is 9.88 Å². The number of rotatable bonds is 6. The molecule has 0 saturated heterocycles. The van der Waals surface area contributed by atoms with Crippen molar-refractivity contribution in [2.45, 2.75) is 6.54 Å². The van der Waals surface area contributed by atoms with Crippen LogP contribution in [0.5, 0.6) is 0 Å². The van der Waals surface area contributed by atoms with E-state index in [0.717, 1.165) is 0 Å². The molecule has 0 saturated carbocycles. The number of hydrogen-bond donors (Lipinski definition) is 2. The van der Waals surface area contributed by atoms with Gasteiger partial charge in [-0.1, -0.05) is 42.5 Å². The molecule has 0 spiro atoms. The zero-order valence-corrected chi connectivity index (χ0v) is 11.3. The predicted octanol–water partition coefficient (Wildman–Crippen LogP) is 1.78. The molecule has 0 fully saturated rings. The van der Waals surface area contributed by atoms with Crippen molar-refractivity contribution in [2.75, 3.05) is 13.1 Å². The smallest absolute Gasteiger partial charge is 0.268 e. The Balaban J connectivity index is 2.01. The summed E-state index contributed by atoms with van der Waals surface area (Å²) < 4.78 is 1.94. The van der Waals surface area contributed by atoms with Gasteiger partial charge in [-0.2, -0.15) is 0 Å². The molecule has 3 N–H and O–H groups in total. The van der Waals surface area contributed by atoms with E-state index in [0.29, 0.717) is 25.3 Å². The summed E-state index contributed by atoms with van der Waals surface area (Å²) in [6.07, 6.45) is 5.59. The minimum Gasteiger partial charge on any atom is -0.347 e. The molecule has 0 aliphatic heterocycles. The molecule has 1 heterocycles. The van der Waals surface area contributed by atoms with Gasteiger partial charge in [0.05, 0.1) is 0 Å². The molecule has 0 aliphatic carbocycles. The third-order valence-corrected chi connectivity index (χ3v) is 2.94. The van der Waals surface area contributed by atoms with Crippen LogP contribution in [0.25, 0.3) is 0 Å². The summed E-state index contributed by atoms with van der Waals surface area (Å²) in [5, 5.41) is 2.84. The number of hydrogen-bond acceptors (Lipinski definition) is 2. The van der Waals surface area contributed by atoms with Crippen molar-refractivity contribution in [2.24, 2.45) is 5.73 Å². The van der Waals surface area contributed by atoms with Crippen LogP contribution in [-0.4, -0.2) is 23.6 Å². The van der Waals surface area contributed by atoms with Gasteiger partial charge in [0.1, 0.15) is 5.69 Å². The lowest BCUT2D eigenvalue weighted by Crippen LogP contribution is -2.26. The molecule has 0 bridgehead atoms. The summed E-state index contributed by atoms with van der Waals surface area (Å²) in [6.45, 7) is 1.67. The van der Waals surface area contributed by atoms with E-state index in [4.69, 9.17) is 5.73 Å². The molecule has 0 aliphatic rings. The highest BCUT2D eigenvalue weighted by molar-refractivity contribution is 5.92. The highest BCUT2D eigenvalue weighted by Crippen LogP contribution is 2.07. The summed E-state index contributed by atoms with van der Waals surface area (Å²) in [5.74, 6) is -0.0763. The van der Waals surface area contributed by atoms with E-state index in [1.165, 1.54) is 5.56 Å². The van der Waals surface area contributed by atoms with Crippen LogP contribution in [0.3, 0.4) is 0 Å². The molecule has 0 unspecified atom stereocenters. The van der Waals surface area contributed by atoms with Crippen LogP contribution in [0.4, 0.5) is 0 Å². The van der Waals surface area contributed by atoms with Gasteiger partial charge in [-0.3, -0.25) is 4.79 Å². The fourth-order valence-corrected chi connectivity index (χ4v) is 1.96. The van der Waals surface area contributed by atoms with E-state index in [1.54, 1.807) is 0 Å². The molecular formula is C16H19N3O. The number of nitrogens with two attached hydrogens (primary N) is 1. The number of amides is 1. The Bertz CT molecular complexity index is 572. The van der Waals surface area contributed by atoms with Crippen molar-refractivity contribution in [1.29, 1.82) is 0 Å². The number of carbonyl (C=O) groups is 1. The average Bonchev–Trinajstić information content (AvgIpc) is 2.93. The monoisotopic (exact) mass is 269 g/mol. The summed E-state index contributed by atoms with van der Waals surface area (Å²) >= 11 is 0. The molecule has 1 aromatic heterocycles. The van der Waals surface area contributed by atoms with E-state index in [9.17, 15) is 4.79 Å². The molecule has 0 radical (unpaired) electrons. The first-order valence-electron chi connectivity index (χ1n) is 6.63. The highest BCUT2D eigenvalue weighted by atomic mass is 16.1. The van der Waals surface area contributed by atoms with Gasteiger partial charge in [0.2, 0.25) is 0 Å². The quantitative estimate of drug-likeness (QED) is 0.785. The van der Waals surface area contributed by atoms with E-state index in [-0.39, 0.29) is 5.91 Å². The predicted molar refractivity (Wildman–Crippen MR) is 80.5 cm³/mol. The third-order valence-electron chi connectivity index (χ3n) is 2.94. The second kappa shape index (κ2) is 7.31. The summed E-state index contributed by atoms with van der Waals surface area (Å²) in [7, 11) is 0. The van der Waals surface area contributed by atoms with Crippen LogP contribution in [0, 0.1) is 0 Å². The number of nitrogens with one attached hydrogen (secondary N) is 1. The van der Waals surface area contributed by atoms with Crippen molar-refractivity contribution in [3.8, 4) is 0 Å². The Hall–Kier alpha value is -2.33. The lowest BCUT2D eigenvalue weighted by Gasteiger charge is -2.09. The van der Waals surface area contributed by atoms with Gasteiger partial charge in [-0.05, 0) is 17.7 Å². The van der Waals surface area contributed by atoms with Crippen molar-refractivity contribution in [3.05, 3.63) is 72.1 Å². The minimum atomic E-state index is -0.0763. The summed E-state index contributed by atoms with van der Waals surface area (Å²) in [6, 6.07) is 13.8. The lowest BCUT2D eigenvalue weighted by molar-refractivity contribution is 0.0949. The maximum atomic E-state index is 12.1. The largest absolute Gasteiger partial charge is 0.347 e. The van der Waals surface area contributed by atoms with E-state index >= 15 is 0 Å². The average molecular weight is 269 g/mol. The van der Waals surface area contributed by atoms with Gasteiger partial charge >= 0.3 is 0 Å². The van der Waals surface area contributed by atoms with Gasteiger partial charge in [0, 0.05) is 25.8 Å². The molecular weight excluding hydrogens is 250 g/mol. The van der Waals surface area contributed by atoms with Gasteiger partial charge in [0.15, 0.2) is 0 Å². The maximum Gasteiger partial charge on any atom is 0.268 e. The SMILES string of the molecule is NC/C=C/CNC(=O)c1cccn1Cc1ccccc1. The fourth-order valence-electron chi connectivity index (χ4n) is 1.96. The number of carbonyl (C=O) groups excluding carboxylic acids is 1. The summed E-state index contributed by atoms with van der Waals surface area (Å²) in [4.78, 5) is 12.1. The first kappa shape index (κ1) is 14.1. The van der Waals surface area contributed by atoms with Crippen LogP contribution in [0.15, 0.2) is 60.8 Å². The normalized spacial score (nSPS) is 10.8. The Morgan fingerprint density at radius 1 is 1.15 bits per heavy atom. The Kier molecular flexibility index (Phi) is 5.15. The van der Waals surface area contributed by atoms with Crippen LogP contribution in [0.1, 0.15) is 16.1 Å². The van der Waals surface area contributed by atoms with Gasteiger partial charge in [-0.15, -0.1) is 0 Å². The van der Waals surface area contributed by atoms with Gasteiger partial charge in [-0.25, -0.2) is 0 Å². The topological polar surface area (TPSA) is 60.0 Å². The molecule has 2 aromatic rings. The van der Waals surface area contributed by atoms with Crippen LogP contribution >= 0.6 is 0 Å². The molecule has 20 heavy (non-hydrogen) atoms.